The Morgan fingerprint density at radius 3 is 2.21 bits per heavy atom. The lowest BCUT2D eigenvalue weighted by atomic mass is 9.63. The van der Waals surface area contributed by atoms with Crippen molar-refractivity contribution < 1.29 is 5.11 Å². The van der Waals surface area contributed by atoms with Gasteiger partial charge in [-0.2, -0.15) is 0 Å². The first-order chi connectivity index (χ1) is 16.3. The molecule has 0 unspecified atom stereocenters. The van der Waals surface area contributed by atoms with Gasteiger partial charge in [-0.05, 0) is 78.9 Å². The molecule has 0 atom stereocenters. The van der Waals surface area contributed by atoms with Crippen LogP contribution >= 0.6 is 11.3 Å². The van der Waals surface area contributed by atoms with Crippen molar-refractivity contribution in [2.75, 3.05) is 6.61 Å². The molecule has 34 heavy (non-hydrogen) atoms. The van der Waals surface area contributed by atoms with E-state index in [0.29, 0.717) is 12.5 Å². The fourth-order valence-electron chi connectivity index (χ4n) is 6.31. The van der Waals surface area contributed by atoms with Gasteiger partial charge in [0.05, 0.1) is 10.7 Å². The minimum Gasteiger partial charge on any atom is -0.396 e. The summed E-state index contributed by atoms with van der Waals surface area (Å²) in [6.45, 7) is 9.97. The van der Waals surface area contributed by atoms with Crippen LogP contribution in [-0.4, -0.2) is 16.7 Å². The Bertz CT molecular complexity index is 919. The van der Waals surface area contributed by atoms with Crippen molar-refractivity contribution in [3.05, 3.63) is 39.7 Å². The Hall–Kier alpha value is -1.19. The molecule has 1 saturated carbocycles. The molecule has 2 aromatic rings. The normalized spacial score (nSPS) is 23.6. The van der Waals surface area contributed by atoms with Crippen LogP contribution in [-0.2, 0) is 10.8 Å². The molecular formula is C31H47NOS. The van der Waals surface area contributed by atoms with Gasteiger partial charge >= 0.3 is 0 Å². The van der Waals surface area contributed by atoms with Gasteiger partial charge in [0.25, 0.3) is 0 Å². The molecule has 0 aliphatic heterocycles. The third-order valence-electron chi connectivity index (χ3n) is 8.89. The summed E-state index contributed by atoms with van der Waals surface area (Å²) >= 11 is 1.89. The first-order valence-corrected chi connectivity index (χ1v) is 14.9. The second-order valence-electron chi connectivity index (χ2n) is 12.5. The maximum Gasteiger partial charge on any atom is 0.0963 e. The molecule has 0 radical (unpaired) electrons. The Balaban J connectivity index is 1.31. The Morgan fingerprint density at radius 2 is 1.50 bits per heavy atom. The lowest BCUT2D eigenvalue weighted by Crippen LogP contribution is -2.33. The number of aliphatic hydroxyl groups excluding tert-OH is 1. The van der Waals surface area contributed by atoms with Crippen LogP contribution in [0.25, 0.3) is 11.3 Å². The van der Waals surface area contributed by atoms with Crippen molar-refractivity contribution >= 4 is 11.3 Å². The standard InChI is InChI=1S/C31H47NOS/c1-30(2)18-19-31(3,4)27-21-25(16-17-26(27)30)28-22-34-29(32-28)24-14-12-23(13-15-24)11-9-7-5-6-8-10-20-33/h16-17,21-24,33H,5-15,18-20H2,1-4H3. The summed E-state index contributed by atoms with van der Waals surface area (Å²) in [7, 11) is 0. The molecule has 0 saturated heterocycles. The number of thiazole rings is 1. The number of hydrogen-bond donors (Lipinski definition) is 1. The van der Waals surface area contributed by atoms with Gasteiger partial charge in [0.1, 0.15) is 0 Å². The first-order valence-electron chi connectivity index (χ1n) is 14.0. The van der Waals surface area contributed by atoms with Crippen molar-refractivity contribution in [1.82, 2.24) is 4.98 Å². The number of aliphatic hydroxyl groups is 1. The molecule has 1 N–H and O–H groups in total. The fourth-order valence-corrected chi connectivity index (χ4v) is 7.31. The van der Waals surface area contributed by atoms with Gasteiger partial charge in [-0.15, -0.1) is 11.3 Å². The topological polar surface area (TPSA) is 33.1 Å². The van der Waals surface area contributed by atoms with Gasteiger partial charge in [0, 0.05) is 23.5 Å². The van der Waals surface area contributed by atoms with Gasteiger partial charge in [-0.25, -0.2) is 4.98 Å². The highest BCUT2D eigenvalue weighted by atomic mass is 32.1. The van der Waals surface area contributed by atoms with Crippen LogP contribution in [0.2, 0.25) is 0 Å². The van der Waals surface area contributed by atoms with Gasteiger partial charge < -0.3 is 5.11 Å². The van der Waals surface area contributed by atoms with Crippen molar-refractivity contribution in [3.63, 3.8) is 0 Å². The molecule has 3 heteroatoms. The van der Waals surface area contributed by atoms with Crippen LogP contribution in [0.3, 0.4) is 0 Å². The zero-order valence-electron chi connectivity index (χ0n) is 22.2. The number of fused-ring (bicyclic) bond motifs is 1. The second-order valence-corrected chi connectivity index (χ2v) is 13.3. The van der Waals surface area contributed by atoms with Crippen LogP contribution in [0.5, 0.6) is 0 Å². The number of benzene rings is 1. The van der Waals surface area contributed by atoms with Crippen molar-refractivity contribution in [3.8, 4) is 11.3 Å². The number of aromatic nitrogens is 1. The lowest BCUT2D eigenvalue weighted by molar-refractivity contribution is 0.281. The van der Waals surface area contributed by atoms with E-state index in [1.807, 2.05) is 11.3 Å². The predicted molar refractivity (Wildman–Crippen MR) is 147 cm³/mol. The summed E-state index contributed by atoms with van der Waals surface area (Å²) in [6, 6.07) is 7.17. The second kappa shape index (κ2) is 11.2. The van der Waals surface area contributed by atoms with Gasteiger partial charge in [-0.1, -0.05) is 78.4 Å². The fraction of sp³-hybridized carbons (Fsp3) is 0.710. The van der Waals surface area contributed by atoms with E-state index in [0.717, 1.165) is 12.3 Å². The minimum absolute atomic E-state index is 0.248. The molecule has 1 aromatic carbocycles. The number of rotatable bonds is 10. The maximum atomic E-state index is 8.88. The monoisotopic (exact) mass is 481 g/mol. The van der Waals surface area contributed by atoms with E-state index in [-0.39, 0.29) is 10.8 Å². The molecular weight excluding hydrogens is 434 g/mol. The average molecular weight is 482 g/mol. The van der Waals surface area contributed by atoms with E-state index in [4.69, 9.17) is 10.1 Å². The molecule has 1 heterocycles. The molecule has 2 aliphatic rings. The van der Waals surface area contributed by atoms with Crippen LogP contribution in [0.1, 0.15) is 133 Å². The number of hydrogen-bond acceptors (Lipinski definition) is 3. The summed E-state index contributed by atoms with van der Waals surface area (Å²) in [5, 5.41) is 12.6. The van der Waals surface area contributed by atoms with E-state index in [2.05, 4.69) is 51.3 Å². The SMILES string of the molecule is CC1(C)CCC(C)(C)c2cc(-c3csc(C4CCC(CCCCCCCCO)CC4)n3)ccc21. The van der Waals surface area contributed by atoms with Gasteiger partial charge in [0.2, 0.25) is 0 Å². The van der Waals surface area contributed by atoms with Crippen molar-refractivity contribution in [2.24, 2.45) is 5.92 Å². The Labute approximate surface area is 212 Å². The van der Waals surface area contributed by atoms with Crippen LogP contribution in [0.15, 0.2) is 23.6 Å². The summed E-state index contributed by atoms with van der Waals surface area (Å²) < 4.78 is 0. The zero-order chi connectivity index (χ0) is 24.2. The molecule has 1 aromatic heterocycles. The smallest absolute Gasteiger partial charge is 0.0963 e. The summed E-state index contributed by atoms with van der Waals surface area (Å²) in [5.74, 6) is 1.60. The highest BCUT2D eigenvalue weighted by molar-refractivity contribution is 7.10. The van der Waals surface area contributed by atoms with E-state index in [1.165, 1.54) is 104 Å². The lowest BCUT2D eigenvalue weighted by Gasteiger charge is -2.42. The summed E-state index contributed by atoms with van der Waals surface area (Å²) in [4.78, 5) is 5.17. The van der Waals surface area contributed by atoms with Crippen molar-refractivity contribution in [1.29, 1.82) is 0 Å². The molecule has 0 amide bonds. The third-order valence-corrected chi connectivity index (χ3v) is 9.89. The van der Waals surface area contributed by atoms with Gasteiger partial charge in [0.15, 0.2) is 0 Å². The zero-order valence-corrected chi connectivity index (χ0v) is 23.0. The number of nitrogens with zero attached hydrogens (tertiary/aromatic N) is 1. The highest BCUT2D eigenvalue weighted by Crippen LogP contribution is 2.47. The summed E-state index contributed by atoms with van der Waals surface area (Å²) in [5.41, 5.74) is 6.08. The molecule has 188 valence electrons. The Morgan fingerprint density at radius 1 is 0.853 bits per heavy atom. The van der Waals surface area contributed by atoms with E-state index in [1.54, 1.807) is 0 Å². The van der Waals surface area contributed by atoms with Crippen LogP contribution in [0.4, 0.5) is 0 Å². The van der Waals surface area contributed by atoms with Crippen molar-refractivity contribution in [2.45, 2.75) is 128 Å². The van der Waals surface area contributed by atoms with Crippen LogP contribution in [0, 0.1) is 5.92 Å². The molecule has 2 nitrogen and oxygen atoms in total. The molecule has 0 spiro atoms. The van der Waals surface area contributed by atoms with Crippen LogP contribution < -0.4 is 0 Å². The predicted octanol–water partition coefficient (Wildman–Crippen LogP) is 9.16. The summed E-state index contributed by atoms with van der Waals surface area (Å²) in [6.07, 6.45) is 16.9. The van der Waals surface area contributed by atoms with E-state index >= 15 is 0 Å². The molecule has 1 fully saturated rings. The largest absolute Gasteiger partial charge is 0.396 e. The van der Waals surface area contributed by atoms with Gasteiger partial charge in [-0.3, -0.25) is 0 Å². The third kappa shape index (κ3) is 6.13. The molecule has 4 rings (SSSR count). The first kappa shape index (κ1) is 25.9. The Kier molecular flexibility index (Phi) is 8.57. The molecule has 2 aliphatic carbocycles. The molecule has 0 bridgehead atoms. The number of unbranched alkanes of at least 4 members (excludes halogenated alkanes) is 5. The maximum absolute atomic E-state index is 8.88. The quantitative estimate of drug-likeness (QED) is 0.343. The highest BCUT2D eigenvalue weighted by Gasteiger charge is 2.37. The van der Waals surface area contributed by atoms with E-state index in [9.17, 15) is 0 Å². The minimum atomic E-state index is 0.248. The van der Waals surface area contributed by atoms with E-state index < -0.39 is 0 Å². The average Bonchev–Trinajstić information content (AvgIpc) is 3.32.